The van der Waals surface area contributed by atoms with E-state index < -0.39 is 0 Å². The van der Waals surface area contributed by atoms with E-state index in [2.05, 4.69) is 19.9 Å². The van der Waals surface area contributed by atoms with Gasteiger partial charge in [0.2, 0.25) is 0 Å². The van der Waals surface area contributed by atoms with Gasteiger partial charge < -0.3 is 5.11 Å². The Morgan fingerprint density at radius 1 is 1.29 bits per heavy atom. The summed E-state index contributed by atoms with van der Waals surface area (Å²) in [4.78, 5) is 1.21. The molecule has 2 heteroatoms. The number of aliphatic hydroxyl groups is 1. The summed E-state index contributed by atoms with van der Waals surface area (Å²) < 4.78 is 0. The maximum absolute atomic E-state index is 9.81. The quantitative estimate of drug-likeness (QED) is 0.766. The zero-order valence-corrected chi connectivity index (χ0v) is 9.84. The molecule has 14 heavy (non-hydrogen) atoms. The highest BCUT2D eigenvalue weighted by molar-refractivity contribution is 8.00. The van der Waals surface area contributed by atoms with Crippen molar-refractivity contribution in [3.8, 4) is 0 Å². The molecule has 0 saturated carbocycles. The first-order valence-corrected chi connectivity index (χ1v) is 5.96. The van der Waals surface area contributed by atoms with Crippen molar-refractivity contribution >= 4 is 11.8 Å². The lowest BCUT2D eigenvalue weighted by molar-refractivity contribution is 0.171. The minimum atomic E-state index is -0.322. The molecule has 0 unspecified atom stereocenters. The topological polar surface area (TPSA) is 20.2 Å². The van der Waals surface area contributed by atoms with E-state index in [1.807, 2.05) is 36.9 Å². The van der Waals surface area contributed by atoms with Crippen LogP contribution in [0.4, 0.5) is 0 Å². The molecule has 78 valence electrons. The monoisotopic (exact) mass is 210 g/mol. The van der Waals surface area contributed by atoms with Crippen molar-refractivity contribution < 1.29 is 5.11 Å². The average molecular weight is 210 g/mol. The Morgan fingerprint density at radius 3 is 2.50 bits per heavy atom. The second-order valence-electron chi connectivity index (χ2n) is 3.63. The Bertz CT molecular complexity index is 283. The molecule has 0 aliphatic carbocycles. The van der Waals surface area contributed by atoms with Crippen molar-refractivity contribution in [2.24, 2.45) is 0 Å². The Balaban J connectivity index is 2.91. The molecule has 0 heterocycles. The SMILES string of the molecule is CC[C@H](O)c1ccccc1SC(C)C. The number of rotatable bonds is 4. The van der Waals surface area contributed by atoms with Gasteiger partial charge in [0.25, 0.3) is 0 Å². The van der Waals surface area contributed by atoms with Gasteiger partial charge in [0, 0.05) is 10.1 Å². The van der Waals surface area contributed by atoms with Gasteiger partial charge in [0.05, 0.1) is 6.10 Å². The van der Waals surface area contributed by atoms with E-state index >= 15 is 0 Å². The third-order valence-electron chi connectivity index (χ3n) is 2.03. The van der Waals surface area contributed by atoms with E-state index in [-0.39, 0.29) is 6.10 Å². The molecule has 0 aliphatic heterocycles. The van der Waals surface area contributed by atoms with Gasteiger partial charge in [-0.2, -0.15) is 0 Å². The normalized spacial score (nSPS) is 13.2. The second-order valence-corrected chi connectivity index (χ2v) is 5.25. The summed E-state index contributed by atoms with van der Waals surface area (Å²) in [5.41, 5.74) is 1.06. The zero-order chi connectivity index (χ0) is 10.6. The molecule has 0 amide bonds. The summed E-state index contributed by atoms with van der Waals surface area (Å²) in [6.45, 7) is 6.33. The predicted octanol–water partition coefficient (Wildman–Crippen LogP) is 3.63. The molecule has 0 radical (unpaired) electrons. The van der Waals surface area contributed by atoms with Crippen LogP contribution in [0, 0.1) is 0 Å². The number of hydrogen-bond acceptors (Lipinski definition) is 2. The van der Waals surface area contributed by atoms with E-state index in [1.165, 1.54) is 4.90 Å². The van der Waals surface area contributed by atoms with Crippen LogP contribution in [0.1, 0.15) is 38.9 Å². The van der Waals surface area contributed by atoms with Crippen LogP contribution < -0.4 is 0 Å². The Morgan fingerprint density at radius 2 is 1.93 bits per heavy atom. The largest absolute Gasteiger partial charge is 0.388 e. The zero-order valence-electron chi connectivity index (χ0n) is 9.03. The molecule has 0 aliphatic rings. The molecule has 0 saturated heterocycles. The lowest BCUT2D eigenvalue weighted by Gasteiger charge is -2.14. The van der Waals surface area contributed by atoms with Gasteiger partial charge in [-0.15, -0.1) is 11.8 Å². The molecule has 1 nitrogen and oxygen atoms in total. The summed E-state index contributed by atoms with van der Waals surface area (Å²) in [7, 11) is 0. The van der Waals surface area contributed by atoms with Gasteiger partial charge in [-0.05, 0) is 18.1 Å². The van der Waals surface area contributed by atoms with E-state index in [0.717, 1.165) is 12.0 Å². The molecule has 1 rings (SSSR count). The first kappa shape index (κ1) is 11.6. The molecule has 1 aromatic rings. The van der Waals surface area contributed by atoms with Gasteiger partial charge in [-0.25, -0.2) is 0 Å². The van der Waals surface area contributed by atoms with Crippen LogP contribution >= 0.6 is 11.8 Å². The van der Waals surface area contributed by atoms with Crippen molar-refractivity contribution in [2.75, 3.05) is 0 Å². The molecule has 0 aromatic heterocycles. The molecule has 1 aromatic carbocycles. The van der Waals surface area contributed by atoms with Crippen LogP contribution in [-0.2, 0) is 0 Å². The standard InChI is InChI=1S/C12H18OS/c1-4-11(13)10-7-5-6-8-12(10)14-9(2)3/h5-9,11,13H,4H2,1-3H3/t11-/m0/s1. The van der Waals surface area contributed by atoms with E-state index in [9.17, 15) is 5.11 Å². The maximum Gasteiger partial charge on any atom is 0.0798 e. The third kappa shape index (κ3) is 3.03. The minimum absolute atomic E-state index is 0.322. The van der Waals surface area contributed by atoms with Crippen LogP contribution in [0.25, 0.3) is 0 Å². The summed E-state index contributed by atoms with van der Waals surface area (Å²) in [6.07, 6.45) is 0.452. The first-order valence-electron chi connectivity index (χ1n) is 5.08. The average Bonchev–Trinajstić information content (AvgIpc) is 2.16. The van der Waals surface area contributed by atoms with Crippen molar-refractivity contribution in [1.82, 2.24) is 0 Å². The fraction of sp³-hybridized carbons (Fsp3) is 0.500. The van der Waals surface area contributed by atoms with Crippen LogP contribution in [0.5, 0.6) is 0 Å². The fourth-order valence-corrected chi connectivity index (χ4v) is 2.34. The lowest BCUT2D eigenvalue weighted by Crippen LogP contribution is -1.98. The Hall–Kier alpha value is -0.470. The van der Waals surface area contributed by atoms with Crippen LogP contribution in [-0.4, -0.2) is 10.4 Å². The summed E-state index contributed by atoms with van der Waals surface area (Å²) in [5, 5.41) is 10.4. The van der Waals surface area contributed by atoms with Crippen molar-refractivity contribution in [1.29, 1.82) is 0 Å². The molecular formula is C12H18OS. The number of thioether (sulfide) groups is 1. The highest BCUT2D eigenvalue weighted by atomic mass is 32.2. The highest BCUT2D eigenvalue weighted by Crippen LogP contribution is 2.31. The smallest absolute Gasteiger partial charge is 0.0798 e. The summed E-state index contributed by atoms with van der Waals surface area (Å²) >= 11 is 1.81. The minimum Gasteiger partial charge on any atom is -0.388 e. The van der Waals surface area contributed by atoms with E-state index in [0.29, 0.717) is 5.25 Å². The van der Waals surface area contributed by atoms with Crippen LogP contribution in [0.2, 0.25) is 0 Å². The highest BCUT2D eigenvalue weighted by Gasteiger charge is 2.10. The Labute approximate surface area is 90.5 Å². The molecule has 0 spiro atoms. The molecule has 0 fully saturated rings. The van der Waals surface area contributed by atoms with Crippen LogP contribution in [0.3, 0.4) is 0 Å². The van der Waals surface area contributed by atoms with Gasteiger partial charge in [0.1, 0.15) is 0 Å². The molecule has 1 atom stereocenters. The maximum atomic E-state index is 9.81. The first-order chi connectivity index (χ1) is 6.65. The van der Waals surface area contributed by atoms with E-state index in [4.69, 9.17) is 0 Å². The number of benzene rings is 1. The van der Waals surface area contributed by atoms with Crippen LogP contribution in [0.15, 0.2) is 29.2 Å². The van der Waals surface area contributed by atoms with Gasteiger partial charge in [0.15, 0.2) is 0 Å². The van der Waals surface area contributed by atoms with Crippen molar-refractivity contribution in [3.63, 3.8) is 0 Å². The second kappa shape index (κ2) is 5.42. The third-order valence-corrected chi connectivity index (χ3v) is 3.12. The fourth-order valence-electron chi connectivity index (χ4n) is 1.34. The molecule has 1 N–H and O–H groups in total. The number of aliphatic hydroxyl groups excluding tert-OH is 1. The lowest BCUT2D eigenvalue weighted by atomic mass is 10.1. The van der Waals surface area contributed by atoms with Crippen molar-refractivity contribution in [3.05, 3.63) is 29.8 Å². The summed E-state index contributed by atoms with van der Waals surface area (Å²) in [6, 6.07) is 8.10. The van der Waals surface area contributed by atoms with Gasteiger partial charge in [-0.3, -0.25) is 0 Å². The van der Waals surface area contributed by atoms with Gasteiger partial charge >= 0.3 is 0 Å². The van der Waals surface area contributed by atoms with Crippen molar-refractivity contribution in [2.45, 2.75) is 43.4 Å². The van der Waals surface area contributed by atoms with Gasteiger partial charge in [-0.1, -0.05) is 39.0 Å². The molecular weight excluding hydrogens is 192 g/mol. The predicted molar refractivity (Wildman–Crippen MR) is 62.7 cm³/mol. The molecule has 0 bridgehead atoms. The van der Waals surface area contributed by atoms with E-state index in [1.54, 1.807) is 0 Å². The number of hydrogen-bond donors (Lipinski definition) is 1. The summed E-state index contributed by atoms with van der Waals surface area (Å²) in [5.74, 6) is 0. The Kier molecular flexibility index (Phi) is 4.49.